The average Bonchev–Trinajstić information content (AvgIpc) is 3.25. The van der Waals surface area contributed by atoms with Crippen LogP contribution in [0.2, 0.25) is 5.02 Å². The van der Waals surface area contributed by atoms with Crippen LogP contribution in [0.1, 0.15) is 28.8 Å². The van der Waals surface area contributed by atoms with Gasteiger partial charge in [0.25, 0.3) is 5.91 Å². The van der Waals surface area contributed by atoms with Crippen molar-refractivity contribution in [3.05, 3.63) is 70.6 Å². The zero-order valence-electron chi connectivity index (χ0n) is 12.9. The molecule has 0 spiro atoms. The summed E-state index contributed by atoms with van der Waals surface area (Å²) in [5, 5.41) is 4.66. The molecule has 1 aliphatic rings. The fraction of sp³-hybridized carbons (Fsp3) is 0.211. The summed E-state index contributed by atoms with van der Waals surface area (Å²) in [7, 11) is 0. The van der Waals surface area contributed by atoms with Gasteiger partial charge in [-0.1, -0.05) is 23.7 Å². The van der Waals surface area contributed by atoms with Crippen LogP contribution >= 0.6 is 11.6 Å². The van der Waals surface area contributed by atoms with Gasteiger partial charge in [-0.2, -0.15) is 0 Å². The minimum Gasteiger partial charge on any atom is -0.361 e. The Hall–Kier alpha value is -2.33. The highest BCUT2D eigenvalue weighted by Crippen LogP contribution is 2.50. The van der Waals surface area contributed by atoms with E-state index in [1.165, 1.54) is 12.1 Å². The molecule has 0 atom stereocenters. The van der Waals surface area contributed by atoms with Crippen LogP contribution in [-0.2, 0) is 5.41 Å². The largest absolute Gasteiger partial charge is 0.361 e. The summed E-state index contributed by atoms with van der Waals surface area (Å²) in [4.78, 5) is 15.5. The van der Waals surface area contributed by atoms with Crippen molar-refractivity contribution >= 4 is 28.4 Å². The van der Waals surface area contributed by atoms with Crippen LogP contribution in [0.5, 0.6) is 0 Å². The molecule has 1 saturated carbocycles. The topological polar surface area (TPSA) is 44.9 Å². The summed E-state index contributed by atoms with van der Waals surface area (Å²) in [5.74, 6) is -0.879. The zero-order valence-corrected chi connectivity index (χ0v) is 13.7. The Kier molecular flexibility index (Phi) is 3.57. The molecule has 4 rings (SSSR count). The third kappa shape index (κ3) is 2.57. The van der Waals surface area contributed by atoms with Crippen molar-refractivity contribution in [2.24, 2.45) is 0 Å². The molecule has 122 valence electrons. The Balaban J connectivity index is 1.57. The first-order valence-electron chi connectivity index (χ1n) is 7.89. The minimum absolute atomic E-state index is 0.0790. The zero-order chi connectivity index (χ0) is 16.7. The number of hydrogen-bond donors (Lipinski definition) is 2. The molecule has 0 saturated heterocycles. The third-order valence-electron chi connectivity index (χ3n) is 4.77. The number of carbonyl (C=O) groups excluding carboxylic acids is 1. The summed E-state index contributed by atoms with van der Waals surface area (Å²) in [6.07, 6.45) is 3.97. The first-order chi connectivity index (χ1) is 11.6. The van der Waals surface area contributed by atoms with Gasteiger partial charge in [-0.25, -0.2) is 4.39 Å². The molecular formula is C19H16ClFN2O. The molecule has 0 aliphatic heterocycles. The molecule has 3 nitrogen and oxygen atoms in total. The standard InChI is InChI=1S/C19H16ClFN2O/c20-12-5-6-17-14(9-12)15(10-22-17)19(7-8-19)11-23-18(24)13-3-1-2-4-16(13)21/h1-6,9-10,22H,7-8,11H2,(H,23,24). The second-order valence-electron chi connectivity index (χ2n) is 6.34. The van der Waals surface area contributed by atoms with Crippen LogP contribution in [0.4, 0.5) is 4.39 Å². The van der Waals surface area contributed by atoms with Gasteiger partial charge in [-0.3, -0.25) is 4.79 Å². The van der Waals surface area contributed by atoms with Gasteiger partial charge in [0.15, 0.2) is 0 Å². The molecule has 5 heteroatoms. The summed E-state index contributed by atoms with van der Waals surface area (Å²) >= 11 is 6.12. The maximum absolute atomic E-state index is 13.7. The van der Waals surface area contributed by atoms with Crippen molar-refractivity contribution in [1.29, 1.82) is 0 Å². The lowest BCUT2D eigenvalue weighted by atomic mass is 9.95. The van der Waals surface area contributed by atoms with E-state index in [0.717, 1.165) is 29.3 Å². The van der Waals surface area contributed by atoms with Crippen molar-refractivity contribution < 1.29 is 9.18 Å². The molecule has 0 radical (unpaired) electrons. The molecule has 0 unspecified atom stereocenters. The molecule has 2 aromatic carbocycles. The molecule has 2 N–H and O–H groups in total. The molecule has 1 fully saturated rings. The van der Waals surface area contributed by atoms with Gasteiger partial charge in [-0.05, 0) is 48.7 Å². The number of hydrogen-bond acceptors (Lipinski definition) is 1. The first kappa shape index (κ1) is 15.2. The SMILES string of the molecule is O=C(NCC1(c2c[nH]c3ccc(Cl)cc23)CC1)c1ccccc1F. The van der Waals surface area contributed by atoms with Crippen molar-refractivity contribution in [2.45, 2.75) is 18.3 Å². The lowest BCUT2D eigenvalue weighted by Gasteiger charge is -2.16. The van der Waals surface area contributed by atoms with E-state index in [0.29, 0.717) is 11.6 Å². The number of aromatic amines is 1. The van der Waals surface area contributed by atoms with E-state index in [9.17, 15) is 9.18 Å². The fourth-order valence-corrected chi connectivity index (χ4v) is 3.39. The molecule has 3 aromatic rings. The predicted molar refractivity (Wildman–Crippen MR) is 93.0 cm³/mol. The Morgan fingerprint density at radius 2 is 2.04 bits per heavy atom. The Labute approximate surface area is 143 Å². The van der Waals surface area contributed by atoms with Crippen LogP contribution in [0.3, 0.4) is 0 Å². The molecule has 1 amide bonds. The maximum Gasteiger partial charge on any atom is 0.254 e. The van der Waals surface area contributed by atoms with E-state index in [1.54, 1.807) is 12.1 Å². The second kappa shape index (κ2) is 5.64. The van der Waals surface area contributed by atoms with Gasteiger partial charge in [-0.15, -0.1) is 0 Å². The number of fused-ring (bicyclic) bond motifs is 1. The van der Waals surface area contributed by atoms with Crippen LogP contribution < -0.4 is 5.32 Å². The van der Waals surface area contributed by atoms with Gasteiger partial charge in [0.2, 0.25) is 0 Å². The summed E-state index contributed by atoms with van der Waals surface area (Å²) in [6, 6.07) is 11.8. The molecule has 1 aliphatic carbocycles. The summed E-state index contributed by atoms with van der Waals surface area (Å²) < 4.78 is 13.7. The van der Waals surface area contributed by atoms with Crippen LogP contribution in [0.15, 0.2) is 48.7 Å². The Morgan fingerprint density at radius 3 is 2.79 bits per heavy atom. The highest BCUT2D eigenvalue weighted by molar-refractivity contribution is 6.31. The number of carbonyl (C=O) groups is 1. The van der Waals surface area contributed by atoms with E-state index in [1.807, 2.05) is 24.4 Å². The highest BCUT2D eigenvalue weighted by Gasteiger charge is 2.46. The van der Waals surface area contributed by atoms with Gasteiger partial charge >= 0.3 is 0 Å². The lowest BCUT2D eigenvalue weighted by Crippen LogP contribution is -2.32. The minimum atomic E-state index is -0.501. The summed E-state index contributed by atoms with van der Waals surface area (Å²) in [6.45, 7) is 0.486. The van der Waals surface area contributed by atoms with Crippen LogP contribution in [-0.4, -0.2) is 17.4 Å². The van der Waals surface area contributed by atoms with E-state index in [2.05, 4.69) is 10.3 Å². The highest BCUT2D eigenvalue weighted by atomic mass is 35.5. The number of halogens is 2. The molecule has 0 bridgehead atoms. The number of H-pyrrole nitrogens is 1. The first-order valence-corrected chi connectivity index (χ1v) is 8.27. The van der Waals surface area contributed by atoms with Crippen LogP contribution in [0.25, 0.3) is 10.9 Å². The molecular weight excluding hydrogens is 327 g/mol. The van der Waals surface area contributed by atoms with Crippen molar-refractivity contribution in [3.8, 4) is 0 Å². The van der Waals surface area contributed by atoms with Crippen molar-refractivity contribution in [3.63, 3.8) is 0 Å². The van der Waals surface area contributed by atoms with Gasteiger partial charge in [0.1, 0.15) is 5.82 Å². The quantitative estimate of drug-likeness (QED) is 0.724. The number of amides is 1. The normalized spacial score (nSPS) is 15.4. The second-order valence-corrected chi connectivity index (χ2v) is 6.77. The van der Waals surface area contributed by atoms with Gasteiger partial charge < -0.3 is 10.3 Å². The molecule has 1 heterocycles. The smallest absolute Gasteiger partial charge is 0.254 e. The number of rotatable bonds is 4. The van der Waals surface area contributed by atoms with Crippen LogP contribution in [0, 0.1) is 5.82 Å². The molecule has 1 aromatic heterocycles. The maximum atomic E-state index is 13.7. The lowest BCUT2D eigenvalue weighted by molar-refractivity contribution is 0.0945. The van der Waals surface area contributed by atoms with Gasteiger partial charge in [0, 0.05) is 34.1 Å². The summed E-state index contributed by atoms with van der Waals surface area (Å²) in [5.41, 5.74) is 2.18. The Morgan fingerprint density at radius 1 is 1.25 bits per heavy atom. The monoisotopic (exact) mass is 342 g/mol. The average molecular weight is 343 g/mol. The number of aromatic nitrogens is 1. The number of benzene rings is 2. The number of nitrogens with one attached hydrogen (secondary N) is 2. The van der Waals surface area contributed by atoms with E-state index in [-0.39, 0.29) is 16.9 Å². The predicted octanol–water partition coefficient (Wildman–Crippen LogP) is 4.42. The van der Waals surface area contributed by atoms with Gasteiger partial charge in [0.05, 0.1) is 5.56 Å². The Bertz CT molecular complexity index is 930. The van der Waals surface area contributed by atoms with E-state index >= 15 is 0 Å². The molecule has 24 heavy (non-hydrogen) atoms. The fourth-order valence-electron chi connectivity index (χ4n) is 3.21. The van der Waals surface area contributed by atoms with E-state index in [4.69, 9.17) is 11.6 Å². The van der Waals surface area contributed by atoms with Crippen molar-refractivity contribution in [2.75, 3.05) is 6.54 Å². The van der Waals surface area contributed by atoms with E-state index < -0.39 is 5.82 Å². The third-order valence-corrected chi connectivity index (χ3v) is 5.01. The van der Waals surface area contributed by atoms with Crippen molar-refractivity contribution in [1.82, 2.24) is 10.3 Å².